The average molecular weight is 441 g/mol. The molecule has 174 valence electrons. The Bertz CT molecular complexity index is 866. The highest BCUT2D eigenvalue weighted by molar-refractivity contribution is 5.79. The molecular weight excluding hydrogens is 404 g/mol. The summed E-state index contributed by atoms with van der Waals surface area (Å²) in [6.45, 7) is 8.92. The third-order valence-corrected chi connectivity index (χ3v) is 5.42. The van der Waals surface area contributed by atoms with Gasteiger partial charge in [0, 0.05) is 32.7 Å². The number of nitrogens with zero attached hydrogens (tertiary/aromatic N) is 2. The number of hydrogen-bond donors (Lipinski definition) is 2. The zero-order valence-corrected chi connectivity index (χ0v) is 19.5. The molecule has 0 amide bonds. The van der Waals surface area contributed by atoms with Gasteiger partial charge in [-0.3, -0.25) is 4.90 Å². The fourth-order valence-electron chi connectivity index (χ4n) is 3.72. The van der Waals surface area contributed by atoms with Gasteiger partial charge in [-0.25, -0.2) is 4.99 Å². The Labute approximate surface area is 191 Å². The van der Waals surface area contributed by atoms with E-state index in [1.807, 2.05) is 12.1 Å². The number of guanidine groups is 1. The summed E-state index contributed by atoms with van der Waals surface area (Å²) < 4.78 is 16.2. The van der Waals surface area contributed by atoms with E-state index in [4.69, 9.17) is 19.2 Å². The summed E-state index contributed by atoms with van der Waals surface area (Å²) >= 11 is 0. The van der Waals surface area contributed by atoms with Gasteiger partial charge in [0.15, 0.2) is 17.5 Å². The first-order valence-electron chi connectivity index (χ1n) is 11.3. The van der Waals surface area contributed by atoms with Crippen molar-refractivity contribution in [3.63, 3.8) is 0 Å². The lowest BCUT2D eigenvalue weighted by atomic mass is 10.1. The second-order valence-corrected chi connectivity index (χ2v) is 7.77. The van der Waals surface area contributed by atoms with Gasteiger partial charge in [-0.1, -0.05) is 30.3 Å². The van der Waals surface area contributed by atoms with E-state index in [1.54, 1.807) is 14.2 Å². The number of nitrogens with one attached hydrogen (secondary N) is 2. The zero-order chi connectivity index (χ0) is 22.6. The topological polar surface area (TPSA) is 67.4 Å². The molecule has 3 rings (SSSR count). The first kappa shape index (κ1) is 23.9. The van der Waals surface area contributed by atoms with Crippen LogP contribution in [0.15, 0.2) is 47.5 Å². The molecule has 0 saturated carbocycles. The first-order chi connectivity index (χ1) is 15.7. The molecule has 1 saturated heterocycles. The Morgan fingerprint density at radius 2 is 1.75 bits per heavy atom. The maximum absolute atomic E-state index is 5.45. The molecule has 1 heterocycles. The van der Waals surface area contributed by atoms with Crippen LogP contribution >= 0.6 is 0 Å². The maximum Gasteiger partial charge on any atom is 0.191 e. The van der Waals surface area contributed by atoms with Crippen molar-refractivity contribution in [2.24, 2.45) is 4.99 Å². The Hall–Kier alpha value is -2.77. The minimum Gasteiger partial charge on any atom is -0.493 e. The minimum absolute atomic E-state index is 0.642. The van der Waals surface area contributed by atoms with Gasteiger partial charge in [0.05, 0.1) is 34.0 Å². The molecule has 0 aromatic heterocycles. The molecule has 0 radical (unpaired) electrons. The number of methoxy groups -OCH3 is 2. The third-order valence-electron chi connectivity index (χ3n) is 5.42. The van der Waals surface area contributed by atoms with Crippen LogP contribution in [-0.4, -0.2) is 64.5 Å². The van der Waals surface area contributed by atoms with Gasteiger partial charge < -0.3 is 24.8 Å². The first-order valence-corrected chi connectivity index (χ1v) is 11.3. The molecular formula is C25H36N4O3. The molecule has 7 nitrogen and oxygen atoms in total. The molecule has 0 bridgehead atoms. The van der Waals surface area contributed by atoms with Gasteiger partial charge in [-0.2, -0.15) is 0 Å². The van der Waals surface area contributed by atoms with E-state index >= 15 is 0 Å². The van der Waals surface area contributed by atoms with Gasteiger partial charge in [0.25, 0.3) is 0 Å². The lowest BCUT2D eigenvalue weighted by molar-refractivity contribution is 0.0342. The van der Waals surface area contributed by atoms with Crippen molar-refractivity contribution in [3.8, 4) is 11.5 Å². The molecule has 2 aromatic carbocycles. The zero-order valence-electron chi connectivity index (χ0n) is 19.5. The Morgan fingerprint density at radius 3 is 2.50 bits per heavy atom. The number of morpholine rings is 1. The predicted octanol–water partition coefficient (Wildman–Crippen LogP) is 2.83. The smallest absolute Gasteiger partial charge is 0.191 e. The summed E-state index contributed by atoms with van der Waals surface area (Å²) in [5.74, 6) is 2.32. The molecule has 0 aliphatic carbocycles. The molecule has 1 fully saturated rings. The van der Waals surface area contributed by atoms with Crippen LogP contribution in [0.3, 0.4) is 0 Å². The number of benzene rings is 2. The van der Waals surface area contributed by atoms with Crippen LogP contribution < -0.4 is 20.1 Å². The second-order valence-electron chi connectivity index (χ2n) is 7.77. The summed E-state index contributed by atoms with van der Waals surface area (Å²) in [7, 11) is 3.31. The quantitative estimate of drug-likeness (QED) is 0.438. The van der Waals surface area contributed by atoms with Crippen molar-refractivity contribution >= 4 is 5.96 Å². The molecule has 2 N–H and O–H groups in total. The number of ether oxygens (including phenoxy) is 3. The Kier molecular flexibility index (Phi) is 9.65. The molecule has 7 heteroatoms. The van der Waals surface area contributed by atoms with Gasteiger partial charge >= 0.3 is 0 Å². The van der Waals surface area contributed by atoms with Crippen molar-refractivity contribution in [1.82, 2.24) is 15.5 Å². The van der Waals surface area contributed by atoms with Gasteiger partial charge in [0.2, 0.25) is 0 Å². The van der Waals surface area contributed by atoms with Crippen LogP contribution in [0.1, 0.15) is 23.6 Å². The average Bonchev–Trinajstić information content (AvgIpc) is 2.83. The van der Waals surface area contributed by atoms with Crippen LogP contribution in [-0.2, 0) is 24.2 Å². The highest BCUT2D eigenvalue weighted by Gasteiger charge is 2.11. The van der Waals surface area contributed by atoms with Crippen molar-refractivity contribution in [1.29, 1.82) is 0 Å². The van der Waals surface area contributed by atoms with Crippen molar-refractivity contribution in [2.75, 3.05) is 53.6 Å². The van der Waals surface area contributed by atoms with Crippen LogP contribution in [0, 0.1) is 0 Å². The summed E-state index contributed by atoms with van der Waals surface area (Å²) in [5, 5.41) is 6.76. The SMILES string of the molecule is CCNC(=NCc1cccc(CN2CCOCC2)c1)NCCc1ccc(OC)c(OC)c1. The summed E-state index contributed by atoms with van der Waals surface area (Å²) in [5.41, 5.74) is 3.72. The standard InChI is InChI=1S/C25H36N4O3/c1-4-26-25(27-11-10-20-8-9-23(30-2)24(17-20)31-3)28-18-21-6-5-7-22(16-21)19-29-12-14-32-15-13-29/h5-9,16-17H,4,10-15,18-19H2,1-3H3,(H2,26,27,28). The summed E-state index contributed by atoms with van der Waals surface area (Å²) in [6.07, 6.45) is 0.861. The maximum atomic E-state index is 5.45. The molecule has 0 spiro atoms. The van der Waals surface area contributed by atoms with Gasteiger partial charge in [-0.05, 0) is 42.2 Å². The summed E-state index contributed by atoms with van der Waals surface area (Å²) in [6, 6.07) is 14.7. The van der Waals surface area contributed by atoms with Crippen LogP contribution in [0.5, 0.6) is 11.5 Å². The largest absolute Gasteiger partial charge is 0.493 e. The molecule has 2 aromatic rings. The van der Waals surface area contributed by atoms with Crippen molar-refractivity contribution < 1.29 is 14.2 Å². The normalized spacial score (nSPS) is 14.8. The monoisotopic (exact) mass is 440 g/mol. The van der Waals surface area contributed by atoms with Crippen LogP contribution in [0.4, 0.5) is 0 Å². The molecule has 1 aliphatic heterocycles. The molecule has 0 atom stereocenters. The van der Waals surface area contributed by atoms with E-state index in [-0.39, 0.29) is 0 Å². The fourth-order valence-corrected chi connectivity index (χ4v) is 3.72. The fraction of sp³-hybridized carbons (Fsp3) is 0.480. The summed E-state index contributed by atoms with van der Waals surface area (Å²) in [4.78, 5) is 7.22. The minimum atomic E-state index is 0.642. The lowest BCUT2D eigenvalue weighted by Crippen LogP contribution is -2.38. The lowest BCUT2D eigenvalue weighted by Gasteiger charge is -2.26. The Balaban J connectivity index is 1.53. The number of aliphatic imine (C=N–C) groups is 1. The van der Waals surface area contributed by atoms with Crippen molar-refractivity contribution in [3.05, 3.63) is 59.2 Å². The van der Waals surface area contributed by atoms with Crippen LogP contribution in [0.2, 0.25) is 0 Å². The van der Waals surface area contributed by atoms with Crippen molar-refractivity contribution in [2.45, 2.75) is 26.4 Å². The van der Waals surface area contributed by atoms with E-state index in [2.05, 4.69) is 52.8 Å². The predicted molar refractivity (Wildman–Crippen MR) is 129 cm³/mol. The molecule has 1 aliphatic rings. The van der Waals surface area contributed by atoms with Gasteiger partial charge in [0.1, 0.15) is 0 Å². The van der Waals surface area contributed by atoms with Crippen LogP contribution in [0.25, 0.3) is 0 Å². The molecule has 0 unspecified atom stereocenters. The Morgan fingerprint density at radius 1 is 0.969 bits per heavy atom. The molecule has 32 heavy (non-hydrogen) atoms. The highest BCUT2D eigenvalue weighted by atomic mass is 16.5. The van der Waals surface area contributed by atoms with E-state index in [1.165, 1.54) is 16.7 Å². The number of hydrogen-bond acceptors (Lipinski definition) is 5. The van der Waals surface area contributed by atoms with E-state index < -0.39 is 0 Å². The third kappa shape index (κ3) is 7.43. The second kappa shape index (κ2) is 12.9. The number of rotatable bonds is 10. The van der Waals surface area contributed by atoms with Gasteiger partial charge in [-0.15, -0.1) is 0 Å². The highest BCUT2D eigenvalue weighted by Crippen LogP contribution is 2.27. The van der Waals surface area contributed by atoms with E-state index in [0.29, 0.717) is 6.54 Å². The van der Waals surface area contributed by atoms with E-state index in [9.17, 15) is 0 Å². The van der Waals surface area contributed by atoms with E-state index in [0.717, 1.165) is 69.8 Å².